The molecule has 0 unspecified atom stereocenters. The van der Waals surface area contributed by atoms with Crippen molar-refractivity contribution < 1.29 is 4.39 Å². The molecule has 120 valence electrons. The van der Waals surface area contributed by atoms with Crippen LogP contribution in [0, 0.1) is 12.7 Å². The second-order valence-electron chi connectivity index (χ2n) is 6.08. The Morgan fingerprint density at radius 3 is 2.00 bits per heavy atom. The van der Waals surface area contributed by atoms with Gasteiger partial charge < -0.3 is 0 Å². The quantitative estimate of drug-likeness (QED) is 0.466. The Labute approximate surface area is 143 Å². The van der Waals surface area contributed by atoms with Crippen molar-refractivity contribution in [1.82, 2.24) is 0 Å². The summed E-state index contributed by atoms with van der Waals surface area (Å²) >= 11 is 0. The Hall–Kier alpha value is -2.67. The monoisotopic (exact) mass is 316 g/mol. The van der Waals surface area contributed by atoms with Crippen LogP contribution in [0.25, 0.3) is 22.3 Å². The topological polar surface area (TPSA) is 0 Å². The lowest BCUT2D eigenvalue weighted by atomic mass is 9.98. The van der Waals surface area contributed by atoms with Crippen LogP contribution >= 0.6 is 0 Å². The number of hydrogen-bond acceptors (Lipinski definition) is 0. The van der Waals surface area contributed by atoms with Gasteiger partial charge >= 0.3 is 0 Å². The maximum absolute atomic E-state index is 14.1. The molecule has 0 saturated carbocycles. The molecule has 0 fully saturated rings. The predicted octanol–water partition coefficient (Wildman–Crippen LogP) is 6.59. The van der Waals surface area contributed by atoms with Gasteiger partial charge in [0, 0.05) is 5.56 Å². The summed E-state index contributed by atoms with van der Waals surface area (Å²) < 4.78 is 14.1. The molecule has 0 N–H and O–H groups in total. The minimum atomic E-state index is -0.172. The lowest BCUT2D eigenvalue weighted by molar-refractivity contribution is 0.630. The maximum atomic E-state index is 14.1. The predicted molar refractivity (Wildman–Crippen MR) is 101 cm³/mol. The third-order valence-electron chi connectivity index (χ3n) is 4.24. The van der Waals surface area contributed by atoms with Crippen molar-refractivity contribution in [3.8, 4) is 22.3 Å². The van der Waals surface area contributed by atoms with Crippen LogP contribution in [0.1, 0.15) is 17.5 Å². The van der Waals surface area contributed by atoms with E-state index < -0.39 is 0 Å². The first-order valence-corrected chi connectivity index (χ1v) is 8.24. The minimum Gasteiger partial charge on any atom is -0.206 e. The Morgan fingerprint density at radius 2 is 1.42 bits per heavy atom. The zero-order valence-corrected chi connectivity index (χ0v) is 13.9. The summed E-state index contributed by atoms with van der Waals surface area (Å²) in [4.78, 5) is 0. The van der Waals surface area contributed by atoms with Gasteiger partial charge in [-0.15, -0.1) is 6.58 Å². The van der Waals surface area contributed by atoms with E-state index in [1.807, 2.05) is 49.4 Å². The lowest BCUT2D eigenvalue weighted by Crippen LogP contribution is -1.87. The summed E-state index contributed by atoms with van der Waals surface area (Å²) in [5.74, 6) is -0.172. The highest BCUT2D eigenvalue weighted by atomic mass is 19.1. The average Bonchev–Trinajstić information content (AvgIpc) is 2.61. The van der Waals surface area contributed by atoms with Crippen LogP contribution in [-0.4, -0.2) is 0 Å². The number of hydrogen-bond donors (Lipinski definition) is 0. The van der Waals surface area contributed by atoms with Crippen LogP contribution in [0.15, 0.2) is 79.4 Å². The molecule has 3 aromatic carbocycles. The first kappa shape index (κ1) is 16.2. The zero-order chi connectivity index (χ0) is 16.9. The minimum absolute atomic E-state index is 0.172. The second-order valence-corrected chi connectivity index (χ2v) is 6.08. The summed E-state index contributed by atoms with van der Waals surface area (Å²) in [5, 5.41) is 0. The van der Waals surface area contributed by atoms with Gasteiger partial charge in [0.15, 0.2) is 0 Å². The standard InChI is InChI=1S/C23H21F/c1-3-4-5-18-7-9-19(10-8-18)20-11-13-21(14-12-20)22-15-6-17(2)16-23(22)24/h3,6-16H,1,4-5H2,2H3. The Kier molecular flexibility index (Phi) is 4.90. The molecule has 3 rings (SSSR count). The number of benzene rings is 3. The molecule has 0 nitrogen and oxygen atoms in total. The van der Waals surface area contributed by atoms with Crippen molar-refractivity contribution in [3.05, 3.63) is 96.3 Å². The maximum Gasteiger partial charge on any atom is 0.131 e. The fourth-order valence-electron chi connectivity index (χ4n) is 2.83. The van der Waals surface area contributed by atoms with E-state index in [0.29, 0.717) is 5.56 Å². The molecule has 0 saturated heterocycles. The SMILES string of the molecule is C=CCCc1ccc(-c2ccc(-c3ccc(C)cc3F)cc2)cc1. The van der Waals surface area contributed by atoms with Gasteiger partial charge in [0.2, 0.25) is 0 Å². The van der Waals surface area contributed by atoms with Crippen molar-refractivity contribution in [3.63, 3.8) is 0 Å². The van der Waals surface area contributed by atoms with Crippen LogP contribution in [0.3, 0.4) is 0 Å². The highest BCUT2D eigenvalue weighted by molar-refractivity contribution is 5.71. The molecular formula is C23H21F. The second kappa shape index (κ2) is 7.27. The zero-order valence-electron chi connectivity index (χ0n) is 13.9. The molecule has 0 amide bonds. The molecule has 0 aliphatic heterocycles. The Morgan fingerprint density at radius 1 is 0.833 bits per heavy atom. The van der Waals surface area contributed by atoms with E-state index in [1.165, 1.54) is 11.1 Å². The van der Waals surface area contributed by atoms with Gasteiger partial charge in [-0.3, -0.25) is 0 Å². The summed E-state index contributed by atoms with van der Waals surface area (Å²) in [6, 6.07) is 22.0. The van der Waals surface area contributed by atoms with Crippen molar-refractivity contribution in [1.29, 1.82) is 0 Å². The fraction of sp³-hybridized carbons (Fsp3) is 0.130. The number of aryl methyl sites for hydroxylation is 2. The molecule has 0 bridgehead atoms. The summed E-state index contributed by atoms with van der Waals surface area (Å²) in [6.45, 7) is 5.66. The van der Waals surface area contributed by atoms with E-state index >= 15 is 0 Å². The third kappa shape index (κ3) is 3.62. The van der Waals surface area contributed by atoms with Gasteiger partial charge in [0.05, 0.1) is 0 Å². The summed E-state index contributed by atoms with van der Waals surface area (Å²) in [7, 11) is 0. The molecule has 0 radical (unpaired) electrons. The first-order valence-electron chi connectivity index (χ1n) is 8.24. The molecule has 0 aromatic heterocycles. The van der Waals surface area contributed by atoms with Crippen molar-refractivity contribution in [2.45, 2.75) is 19.8 Å². The first-order chi connectivity index (χ1) is 11.7. The lowest BCUT2D eigenvalue weighted by Gasteiger charge is -2.07. The smallest absolute Gasteiger partial charge is 0.131 e. The Balaban J connectivity index is 1.82. The van der Waals surface area contributed by atoms with Crippen molar-refractivity contribution >= 4 is 0 Å². The van der Waals surface area contributed by atoms with E-state index in [9.17, 15) is 4.39 Å². The molecule has 0 aliphatic carbocycles. The van der Waals surface area contributed by atoms with Gasteiger partial charge in [-0.1, -0.05) is 66.7 Å². The van der Waals surface area contributed by atoms with Crippen LogP contribution < -0.4 is 0 Å². The van der Waals surface area contributed by atoms with Crippen molar-refractivity contribution in [2.24, 2.45) is 0 Å². The summed E-state index contributed by atoms with van der Waals surface area (Å²) in [6.07, 6.45) is 3.96. The number of rotatable bonds is 5. The van der Waals surface area contributed by atoms with E-state index in [-0.39, 0.29) is 5.82 Å². The van der Waals surface area contributed by atoms with Gasteiger partial charge in [-0.25, -0.2) is 4.39 Å². The molecule has 3 aromatic rings. The van der Waals surface area contributed by atoms with Gasteiger partial charge in [-0.05, 0) is 53.6 Å². The van der Waals surface area contributed by atoms with Gasteiger partial charge in [0.25, 0.3) is 0 Å². The van der Waals surface area contributed by atoms with Crippen LogP contribution in [0.5, 0.6) is 0 Å². The molecule has 0 atom stereocenters. The molecule has 0 heterocycles. The fourth-order valence-corrected chi connectivity index (χ4v) is 2.83. The average molecular weight is 316 g/mol. The van der Waals surface area contributed by atoms with Crippen LogP contribution in [0.4, 0.5) is 4.39 Å². The van der Waals surface area contributed by atoms with Crippen LogP contribution in [0.2, 0.25) is 0 Å². The van der Waals surface area contributed by atoms with E-state index in [1.54, 1.807) is 6.07 Å². The largest absolute Gasteiger partial charge is 0.206 e. The molecule has 1 heteroatoms. The van der Waals surface area contributed by atoms with Gasteiger partial charge in [-0.2, -0.15) is 0 Å². The highest BCUT2D eigenvalue weighted by Crippen LogP contribution is 2.27. The van der Waals surface area contributed by atoms with Gasteiger partial charge in [0.1, 0.15) is 5.82 Å². The molecular weight excluding hydrogens is 295 g/mol. The highest BCUT2D eigenvalue weighted by Gasteiger charge is 2.06. The molecule has 0 aliphatic rings. The molecule has 0 spiro atoms. The number of halogens is 1. The number of allylic oxidation sites excluding steroid dienone is 1. The molecule has 24 heavy (non-hydrogen) atoms. The van der Waals surface area contributed by atoms with E-state index in [4.69, 9.17) is 0 Å². The van der Waals surface area contributed by atoms with E-state index in [0.717, 1.165) is 29.5 Å². The summed E-state index contributed by atoms with van der Waals surface area (Å²) in [5.41, 5.74) is 6.11. The van der Waals surface area contributed by atoms with E-state index in [2.05, 4.69) is 30.8 Å². The normalized spacial score (nSPS) is 10.6. The Bertz CT molecular complexity index is 827. The third-order valence-corrected chi connectivity index (χ3v) is 4.24. The van der Waals surface area contributed by atoms with Crippen LogP contribution in [-0.2, 0) is 6.42 Å². The van der Waals surface area contributed by atoms with Crippen molar-refractivity contribution in [2.75, 3.05) is 0 Å².